The highest BCUT2D eigenvalue weighted by Crippen LogP contribution is 2.16. The van der Waals surface area contributed by atoms with E-state index in [1.54, 1.807) is 30.0 Å². The van der Waals surface area contributed by atoms with Gasteiger partial charge in [-0.15, -0.1) is 0 Å². The Balaban J connectivity index is 2.25. The summed E-state index contributed by atoms with van der Waals surface area (Å²) >= 11 is 0. The topological polar surface area (TPSA) is 32.3 Å². The van der Waals surface area contributed by atoms with E-state index in [9.17, 15) is 9.18 Å². The van der Waals surface area contributed by atoms with Crippen LogP contribution in [0.25, 0.3) is 0 Å². The first-order valence-corrected chi connectivity index (χ1v) is 5.92. The van der Waals surface area contributed by atoms with Gasteiger partial charge in [-0.1, -0.05) is 12.1 Å². The number of carbonyl (C=O) groups is 1. The van der Waals surface area contributed by atoms with Crippen LogP contribution in [-0.2, 0) is 0 Å². The van der Waals surface area contributed by atoms with E-state index >= 15 is 0 Å². The van der Waals surface area contributed by atoms with Crippen molar-refractivity contribution in [2.24, 2.45) is 0 Å². The third-order valence-electron chi connectivity index (χ3n) is 3.22. The smallest absolute Gasteiger partial charge is 0.257 e. The van der Waals surface area contributed by atoms with E-state index in [4.69, 9.17) is 0 Å². The Morgan fingerprint density at radius 3 is 2.76 bits per heavy atom. The molecule has 1 fully saturated rings. The Kier molecular flexibility index (Phi) is 3.43. The number of nitrogens with zero attached hydrogens (tertiary/aromatic N) is 1. The number of benzene rings is 1. The zero-order chi connectivity index (χ0) is 12.4. The number of hydrogen-bond acceptors (Lipinski definition) is 2. The maximum Gasteiger partial charge on any atom is 0.257 e. The van der Waals surface area contributed by atoms with Crippen LogP contribution in [0.1, 0.15) is 22.8 Å². The van der Waals surface area contributed by atoms with Gasteiger partial charge in [-0.2, -0.15) is 0 Å². The van der Waals surface area contributed by atoms with Gasteiger partial charge in [0.15, 0.2) is 0 Å². The molecule has 0 radical (unpaired) electrons. The highest BCUT2D eigenvalue weighted by atomic mass is 19.1. The summed E-state index contributed by atoms with van der Waals surface area (Å²) in [7, 11) is 0. The molecule has 1 aromatic carbocycles. The Morgan fingerprint density at radius 2 is 2.24 bits per heavy atom. The Bertz CT molecular complexity index is 429. The number of hydrogen-bond donors (Lipinski definition) is 1. The lowest BCUT2D eigenvalue weighted by atomic mass is 10.1. The number of carbonyl (C=O) groups excluding carboxylic acids is 1. The van der Waals surface area contributed by atoms with Crippen molar-refractivity contribution in [1.29, 1.82) is 0 Å². The number of aryl methyl sites for hydroxylation is 1. The van der Waals surface area contributed by atoms with Crippen LogP contribution in [0.2, 0.25) is 0 Å². The highest BCUT2D eigenvalue weighted by molar-refractivity contribution is 5.95. The Morgan fingerprint density at radius 1 is 1.53 bits per heavy atom. The second kappa shape index (κ2) is 4.84. The molecule has 1 N–H and O–H groups in total. The van der Waals surface area contributed by atoms with Gasteiger partial charge in [-0.25, -0.2) is 4.39 Å². The highest BCUT2D eigenvalue weighted by Gasteiger charge is 2.29. The molecule has 17 heavy (non-hydrogen) atoms. The van der Waals surface area contributed by atoms with Crippen LogP contribution in [0.5, 0.6) is 0 Å². The lowest BCUT2D eigenvalue weighted by Crippen LogP contribution is -2.58. The Labute approximate surface area is 101 Å². The quantitative estimate of drug-likeness (QED) is 0.864. The molecular formula is C13H17FN2O. The van der Waals surface area contributed by atoms with Gasteiger partial charge in [0, 0.05) is 19.6 Å². The summed E-state index contributed by atoms with van der Waals surface area (Å²) in [6.07, 6.45) is 0. The molecule has 1 heterocycles. The molecule has 0 spiro atoms. The van der Waals surface area contributed by atoms with Crippen molar-refractivity contribution in [3.05, 3.63) is 35.1 Å². The molecule has 0 aliphatic carbocycles. The van der Waals surface area contributed by atoms with E-state index in [-0.39, 0.29) is 17.5 Å². The Hall–Kier alpha value is -1.42. The summed E-state index contributed by atoms with van der Waals surface area (Å²) in [6, 6.07) is 5.15. The van der Waals surface area contributed by atoms with Crippen LogP contribution in [0.4, 0.5) is 4.39 Å². The first kappa shape index (κ1) is 12.0. The van der Waals surface area contributed by atoms with E-state index in [2.05, 4.69) is 5.32 Å². The summed E-state index contributed by atoms with van der Waals surface area (Å²) in [5.74, 6) is -0.608. The van der Waals surface area contributed by atoms with Gasteiger partial charge < -0.3 is 10.2 Å². The average Bonchev–Trinajstić information content (AvgIpc) is 2.26. The minimum absolute atomic E-state index is 0.179. The van der Waals surface area contributed by atoms with Crippen molar-refractivity contribution in [3.63, 3.8) is 0 Å². The summed E-state index contributed by atoms with van der Waals surface area (Å²) in [4.78, 5) is 14.0. The predicted molar refractivity (Wildman–Crippen MR) is 64.5 cm³/mol. The van der Waals surface area contributed by atoms with Gasteiger partial charge in [-0.05, 0) is 25.5 Å². The molecule has 1 saturated heterocycles. The number of rotatable bonds is 3. The monoisotopic (exact) mass is 236 g/mol. The van der Waals surface area contributed by atoms with Gasteiger partial charge in [0.1, 0.15) is 5.82 Å². The SMILES string of the molecule is CCN(C(=O)c1cccc(C)c1F)C1CNC1. The normalized spacial score (nSPS) is 15.5. The van der Waals surface area contributed by atoms with Crippen molar-refractivity contribution in [2.45, 2.75) is 19.9 Å². The minimum Gasteiger partial charge on any atom is -0.333 e. The van der Waals surface area contributed by atoms with Crippen molar-refractivity contribution in [1.82, 2.24) is 10.2 Å². The number of nitrogens with one attached hydrogen (secondary N) is 1. The fraction of sp³-hybridized carbons (Fsp3) is 0.462. The molecular weight excluding hydrogens is 219 g/mol. The lowest BCUT2D eigenvalue weighted by Gasteiger charge is -2.37. The zero-order valence-corrected chi connectivity index (χ0v) is 10.2. The molecule has 0 bridgehead atoms. The molecule has 92 valence electrons. The molecule has 2 rings (SSSR count). The summed E-state index contributed by atoms with van der Waals surface area (Å²) in [5, 5.41) is 3.12. The third kappa shape index (κ3) is 2.17. The second-order valence-corrected chi connectivity index (χ2v) is 4.34. The number of halogens is 1. The summed E-state index contributed by atoms with van der Waals surface area (Å²) in [6.45, 7) is 5.80. The van der Waals surface area contributed by atoms with Crippen molar-refractivity contribution >= 4 is 5.91 Å². The number of likely N-dealkylation sites (N-methyl/N-ethyl adjacent to an activating group) is 1. The fourth-order valence-electron chi connectivity index (χ4n) is 2.03. The van der Waals surface area contributed by atoms with Gasteiger partial charge in [0.05, 0.1) is 11.6 Å². The van der Waals surface area contributed by atoms with E-state index in [1.165, 1.54) is 0 Å². The van der Waals surface area contributed by atoms with Crippen LogP contribution in [0.15, 0.2) is 18.2 Å². The molecule has 1 amide bonds. The molecule has 0 aromatic heterocycles. The third-order valence-corrected chi connectivity index (χ3v) is 3.22. The van der Waals surface area contributed by atoms with Crippen LogP contribution in [-0.4, -0.2) is 36.5 Å². The van der Waals surface area contributed by atoms with Crippen LogP contribution in [0.3, 0.4) is 0 Å². The first-order chi connectivity index (χ1) is 8.15. The van der Waals surface area contributed by atoms with E-state index in [0.29, 0.717) is 12.1 Å². The first-order valence-electron chi connectivity index (χ1n) is 5.92. The largest absolute Gasteiger partial charge is 0.333 e. The van der Waals surface area contributed by atoms with Crippen molar-refractivity contribution < 1.29 is 9.18 Å². The van der Waals surface area contributed by atoms with Gasteiger partial charge in [-0.3, -0.25) is 4.79 Å². The van der Waals surface area contributed by atoms with Crippen molar-refractivity contribution in [3.8, 4) is 0 Å². The minimum atomic E-state index is -0.400. The number of amides is 1. The molecule has 0 atom stereocenters. The molecule has 1 aliphatic heterocycles. The van der Waals surface area contributed by atoms with Gasteiger partial charge in [0.25, 0.3) is 5.91 Å². The van der Waals surface area contributed by atoms with E-state index in [0.717, 1.165) is 13.1 Å². The second-order valence-electron chi connectivity index (χ2n) is 4.34. The summed E-state index contributed by atoms with van der Waals surface area (Å²) in [5.41, 5.74) is 0.692. The molecule has 4 heteroatoms. The molecule has 0 unspecified atom stereocenters. The molecule has 1 aliphatic rings. The lowest BCUT2D eigenvalue weighted by molar-refractivity contribution is 0.0625. The van der Waals surface area contributed by atoms with Crippen LogP contribution in [0, 0.1) is 12.7 Å². The van der Waals surface area contributed by atoms with Gasteiger partial charge >= 0.3 is 0 Å². The van der Waals surface area contributed by atoms with Crippen LogP contribution >= 0.6 is 0 Å². The van der Waals surface area contributed by atoms with Gasteiger partial charge in [0.2, 0.25) is 0 Å². The van der Waals surface area contributed by atoms with Crippen molar-refractivity contribution in [2.75, 3.05) is 19.6 Å². The zero-order valence-electron chi connectivity index (χ0n) is 10.2. The molecule has 1 aromatic rings. The predicted octanol–water partition coefficient (Wildman–Crippen LogP) is 1.57. The van der Waals surface area contributed by atoms with Crippen LogP contribution < -0.4 is 5.32 Å². The maximum atomic E-state index is 13.9. The standard InChI is InChI=1S/C13H17FN2O/c1-3-16(10-7-15-8-10)13(17)11-6-4-5-9(2)12(11)14/h4-6,10,15H,3,7-8H2,1-2H3. The molecule has 0 saturated carbocycles. The van der Waals surface area contributed by atoms with E-state index < -0.39 is 5.82 Å². The average molecular weight is 236 g/mol. The van der Waals surface area contributed by atoms with E-state index in [1.807, 2.05) is 6.92 Å². The summed E-state index contributed by atoms with van der Waals surface area (Å²) < 4.78 is 13.9. The fourth-order valence-corrected chi connectivity index (χ4v) is 2.03. The maximum absolute atomic E-state index is 13.9. The molecule has 3 nitrogen and oxygen atoms in total.